The zero-order valence-electron chi connectivity index (χ0n) is 31.7. The summed E-state index contributed by atoms with van der Waals surface area (Å²) in [5, 5.41) is 14.0. The molecule has 0 spiro atoms. The van der Waals surface area contributed by atoms with Gasteiger partial charge in [-0.1, -0.05) is 44.9 Å². The molecule has 1 aliphatic heterocycles. The molecular weight excluding hydrogens is 646 g/mol. The van der Waals surface area contributed by atoms with E-state index in [0.717, 1.165) is 22.6 Å². The highest BCUT2D eigenvalue weighted by Crippen LogP contribution is 2.26. The van der Waals surface area contributed by atoms with Crippen molar-refractivity contribution in [1.29, 1.82) is 0 Å². The zero-order chi connectivity index (χ0) is 38.5. The van der Waals surface area contributed by atoms with E-state index >= 15 is 0 Å². The normalized spacial score (nSPS) is 19.5. The van der Waals surface area contributed by atoms with Crippen LogP contribution >= 0.6 is 0 Å². The minimum atomic E-state index is -1.22. The third kappa shape index (κ3) is 13.2. The molecule has 1 aliphatic rings. The Balaban J connectivity index is 2.76. The Morgan fingerprint density at radius 3 is 2.20 bits per heavy atom. The van der Waals surface area contributed by atoms with Gasteiger partial charge in [0.25, 0.3) is 5.91 Å². The fourth-order valence-electron chi connectivity index (χ4n) is 5.67. The van der Waals surface area contributed by atoms with Crippen LogP contribution in [0.15, 0.2) is 23.3 Å². The molecule has 0 aromatic rings. The average Bonchev–Trinajstić information content (AvgIpc) is 3.33. The van der Waals surface area contributed by atoms with Crippen molar-refractivity contribution in [3.8, 4) is 0 Å². The first kappa shape index (κ1) is 43.8. The minimum Gasteiger partial charge on any atom is -0.480 e. The summed E-state index contributed by atoms with van der Waals surface area (Å²) in [6.07, 6.45) is 6.25. The van der Waals surface area contributed by atoms with E-state index < -0.39 is 78.3 Å². The van der Waals surface area contributed by atoms with Crippen molar-refractivity contribution in [2.45, 2.75) is 125 Å². The summed E-state index contributed by atoms with van der Waals surface area (Å²) in [5.41, 5.74) is 1.74. The number of allylic oxidation sites excluding steroid dienone is 3. The number of nitrogens with one attached hydrogen (secondary N) is 2. The van der Waals surface area contributed by atoms with Crippen LogP contribution < -0.4 is 10.6 Å². The summed E-state index contributed by atoms with van der Waals surface area (Å²) < 4.78 is 5.56. The highest BCUT2D eigenvalue weighted by molar-refractivity contribution is 5.96. The number of aliphatic carboxylic acids is 1. The molecule has 0 aliphatic carbocycles. The smallest absolute Gasteiger partial charge is 0.334 e. The lowest BCUT2D eigenvalue weighted by molar-refractivity contribution is -0.155. The molecule has 0 saturated carbocycles. The first-order chi connectivity index (χ1) is 23.2. The molecule has 5 amide bonds. The van der Waals surface area contributed by atoms with Crippen molar-refractivity contribution >= 4 is 41.5 Å². The highest BCUT2D eigenvalue weighted by Gasteiger charge is 2.44. The van der Waals surface area contributed by atoms with Gasteiger partial charge in [-0.05, 0) is 72.6 Å². The van der Waals surface area contributed by atoms with Gasteiger partial charge in [0.2, 0.25) is 23.6 Å². The van der Waals surface area contributed by atoms with Crippen LogP contribution in [-0.2, 0) is 38.3 Å². The number of hydrogen-bond acceptors (Lipinski definition) is 8. The number of amides is 5. The molecule has 1 saturated heterocycles. The van der Waals surface area contributed by atoms with E-state index in [0.29, 0.717) is 24.3 Å². The third-order valence-corrected chi connectivity index (χ3v) is 9.28. The predicted molar refractivity (Wildman–Crippen MR) is 188 cm³/mol. The molecule has 1 rings (SSSR count). The maximum Gasteiger partial charge on any atom is 0.334 e. The molecule has 1 fully saturated rings. The first-order valence-corrected chi connectivity index (χ1v) is 17.4. The summed E-state index contributed by atoms with van der Waals surface area (Å²) in [4.78, 5) is 92.7. The molecule has 7 atom stereocenters. The molecule has 14 heteroatoms. The first-order valence-electron chi connectivity index (χ1n) is 17.4. The predicted octanol–water partition coefficient (Wildman–Crippen LogP) is 2.66. The summed E-state index contributed by atoms with van der Waals surface area (Å²) in [6, 6.07) is -3.52. The Kier molecular flexibility index (Phi) is 17.9. The maximum absolute atomic E-state index is 13.3. The van der Waals surface area contributed by atoms with Crippen LogP contribution in [0, 0.1) is 11.8 Å². The van der Waals surface area contributed by atoms with Gasteiger partial charge >= 0.3 is 11.9 Å². The lowest BCUT2D eigenvalue weighted by Crippen LogP contribution is -2.55. The van der Waals surface area contributed by atoms with Crippen LogP contribution in [-0.4, -0.2) is 119 Å². The van der Waals surface area contributed by atoms with E-state index in [2.05, 4.69) is 30.6 Å². The van der Waals surface area contributed by atoms with Crippen LogP contribution in [0.1, 0.15) is 94.4 Å². The number of likely N-dealkylation sites (N-methyl/N-ethyl adjacent to an activating group) is 2. The van der Waals surface area contributed by atoms with Gasteiger partial charge in [-0.2, -0.15) is 0 Å². The van der Waals surface area contributed by atoms with Crippen molar-refractivity contribution in [1.82, 2.24) is 25.3 Å². The third-order valence-electron chi connectivity index (χ3n) is 9.28. The van der Waals surface area contributed by atoms with Crippen molar-refractivity contribution in [2.75, 3.05) is 27.2 Å². The van der Waals surface area contributed by atoms with Crippen LogP contribution in [0.3, 0.4) is 0 Å². The van der Waals surface area contributed by atoms with Gasteiger partial charge in [-0.25, -0.2) is 4.79 Å². The molecule has 50 heavy (non-hydrogen) atoms. The molecule has 3 N–H and O–H groups in total. The second-order valence-electron chi connectivity index (χ2n) is 13.8. The molecule has 0 aromatic heterocycles. The van der Waals surface area contributed by atoms with Crippen molar-refractivity contribution in [2.24, 2.45) is 11.8 Å². The Bertz CT molecular complexity index is 1310. The lowest BCUT2D eigenvalue weighted by Gasteiger charge is -2.31. The van der Waals surface area contributed by atoms with Crippen LogP contribution in [0.5, 0.6) is 0 Å². The van der Waals surface area contributed by atoms with Crippen molar-refractivity contribution in [3.05, 3.63) is 23.3 Å². The summed E-state index contributed by atoms with van der Waals surface area (Å²) in [7, 11) is 2.79. The fourth-order valence-corrected chi connectivity index (χ4v) is 5.67. The SMILES string of the molecule is C/C=C(\C)C[C@@H](C)CC/C=C(\C)C(=O)O[C@@H]1CC(C)N([C@@H](C)C(=O)N(C)CC(=O)N(C)CC(=O)N[C@H](C(=O)N[C@H](C)C(=O)O)C(C)CC)C1=O. The number of carbonyl (C=O) groups excluding carboxylic acids is 6. The average molecular weight is 706 g/mol. The van der Waals surface area contributed by atoms with E-state index in [4.69, 9.17) is 9.84 Å². The summed E-state index contributed by atoms with van der Waals surface area (Å²) >= 11 is 0. The van der Waals surface area contributed by atoms with Gasteiger partial charge in [-0.15, -0.1) is 0 Å². The number of likely N-dealkylation sites (tertiary alicyclic amines) is 1. The molecule has 14 nitrogen and oxygen atoms in total. The van der Waals surface area contributed by atoms with E-state index in [1.807, 2.05) is 19.9 Å². The Morgan fingerprint density at radius 2 is 1.64 bits per heavy atom. The number of carboxylic acid groups (broad SMARTS) is 1. The van der Waals surface area contributed by atoms with Gasteiger partial charge in [0.1, 0.15) is 18.1 Å². The van der Waals surface area contributed by atoms with Crippen molar-refractivity contribution < 1.29 is 43.4 Å². The molecule has 282 valence electrons. The molecule has 2 unspecified atom stereocenters. The van der Waals surface area contributed by atoms with E-state index in [1.165, 1.54) is 31.5 Å². The number of rotatable bonds is 19. The molecule has 1 heterocycles. The highest BCUT2D eigenvalue weighted by atomic mass is 16.5. The minimum absolute atomic E-state index is 0.223. The monoisotopic (exact) mass is 705 g/mol. The van der Waals surface area contributed by atoms with Gasteiger partial charge < -0.3 is 35.2 Å². The number of ether oxygens (including phenoxy) is 1. The number of hydrogen-bond donors (Lipinski definition) is 3. The largest absolute Gasteiger partial charge is 0.480 e. The number of esters is 1. The van der Waals surface area contributed by atoms with Crippen LogP contribution in [0.2, 0.25) is 0 Å². The lowest BCUT2D eigenvalue weighted by atomic mass is 9.97. The van der Waals surface area contributed by atoms with E-state index in [1.54, 1.807) is 27.7 Å². The Morgan fingerprint density at radius 1 is 1.02 bits per heavy atom. The molecule has 0 bridgehead atoms. The van der Waals surface area contributed by atoms with Crippen LogP contribution in [0.4, 0.5) is 0 Å². The van der Waals surface area contributed by atoms with Gasteiger partial charge in [0, 0.05) is 32.1 Å². The topological polar surface area (TPSA) is 183 Å². The van der Waals surface area contributed by atoms with Gasteiger partial charge in [0.05, 0.1) is 13.1 Å². The Hall–Kier alpha value is -4.23. The molecular formula is C36H59N5O9. The van der Waals surface area contributed by atoms with E-state index in [9.17, 15) is 33.6 Å². The zero-order valence-corrected chi connectivity index (χ0v) is 31.7. The molecule has 0 radical (unpaired) electrons. The number of nitrogens with zero attached hydrogens (tertiary/aromatic N) is 3. The fraction of sp³-hybridized carbons (Fsp3) is 0.694. The standard InChI is InChI=1S/C36H59N5O9/c1-12-21(3)17-22(4)15-14-16-24(6)36(49)50-28-18-25(7)41(34(28)46)27(9)33(45)40(11)20-30(43)39(10)19-29(42)38-31(23(5)13-2)32(44)37-26(8)35(47)48/h12,16,22-23,25-28,31H,13-15,17-20H2,1-11H3,(H,37,44)(H,38,42)(H,47,48)/b21-12+,24-16+/t22-,23?,25?,26+,27-,28+,31-/m0/s1. The summed E-state index contributed by atoms with van der Waals surface area (Å²) in [6.45, 7) is 15.3. The quantitative estimate of drug-likeness (QED) is 0.103. The van der Waals surface area contributed by atoms with Gasteiger partial charge in [0.15, 0.2) is 6.10 Å². The second kappa shape index (κ2) is 20.4. The van der Waals surface area contributed by atoms with Crippen molar-refractivity contribution in [3.63, 3.8) is 0 Å². The van der Waals surface area contributed by atoms with Crippen LogP contribution in [0.25, 0.3) is 0 Å². The second-order valence-corrected chi connectivity index (χ2v) is 13.8. The Labute approximate surface area is 297 Å². The molecule has 0 aromatic carbocycles. The summed E-state index contributed by atoms with van der Waals surface area (Å²) in [5.74, 6) is -4.49. The number of carbonyl (C=O) groups is 7. The van der Waals surface area contributed by atoms with Gasteiger partial charge in [-0.3, -0.25) is 28.8 Å². The number of carboxylic acids is 1. The van der Waals surface area contributed by atoms with E-state index in [-0.39, 0.29) is 18.9 Å². The maximum atomic E-state index is 13.3.